The number of hydrogen-bond acceptors (Lipinski definition) is 5. The molecule has 0 atom stereocenters. The molecule has 0 radical (unpaired) electrons. The van der Waals surface area contributed by atoms with Gasteiger partial charge in [-0.2, -0.15) is 0 Å². The van der Waals surface area contributed by atoms with Gasteiger partial charge in [-0.3, -0.25) is 0 Å². The summed E-state index contributed by atoms with van der Waals surface area (Å²) in [6.45, 7) is 1.51. The van der Waals surface area contributed by atoms with E-state index in [-0.39, 0.29) is 11.6 Å². The molecule has 2 aromatic rings. The number of aryl methyl sites for hydroxylation is 1. The summed E-state index contributed by atoms with van der Waals surface area (Å²) < 4.78 is 25.5. The minimum atomic E-state index is -0.350. The summed E-state index contributed by atoms with van der Waals surface area (Å²) in [5, 5.41) is 8.82. The Balaban J connectivity index is 1.94. The van der Waals surface area contributed by atoms with Crippen LogP contribution in [0.3, 0.4) is 0 Å². The van der Waals surface area contributed by atoms with Crippen LogP contribution >= 0.6 is 11.8 Å². The number of thioether (sulfide) groups is 1. The van der Waals surface area contributed by atoms with Crippen LogP contribution in [0.1, 0.15) is 12.0 Å². The summed E-state index contributed by atoms with van der Waals surface area (Å²) in [4.78, 5) is 0. The van der Waals surface area contributed by atoms with Gasteiger partial charge in [0.1, 0.15) is 6.33 Å². The molecule has 7 heteroatoms. The first-order valence-corrected chi connectivity index (χ1v) is 7.55. The maximum atomic E-state index is 13.6. The lowest BCUT2D eigenvalue weighted by atomic mass is 10.2. The van der Waals surface area contributed by atoms with Gasteiger partial charge < -0.3 is 14.0 Å². The summed E-state index contributed by atoms with van der Waals surface area (Å²) in [6, 6.07) is 4.96. The number of ether oxygens (including phenoxy) is 2. The SMILES string of the molecule is COCCCn1cnnc1SCc1ccc(OC)c(F)c1. The Kier molecular flexibility index (Phi) is 6.01. The molecule has 2 rings (SSSR count). The predicted molar refractivity (Wildman–Crippen MR) is 79.0 cm³/mol. The molecule has 0 fully saturated rings. The highest BCUT2D eigenvalue weighted by molar-refractivity contribution is 7.98. The van der Waals surface area contributed by atoms with E-state index in [4.69, 9.17) is 9.47 Å². The van der Waals surface area contributed by atoms with Gasteiger partial charge >= 0.3 is 0 Å². The smallest absolute Gasteiger partial charge is 0.191 e. The lowest BCUT2D eigenvalue weighted by molar-refractivity contribution is 0.189. The fourth-order valence-corrected chi connectivity index (χ4v) is 2.72. The molecule has 1 aromatic carbocycles. The first kappa shape index (κ1) is 15.8. The van der Waals surface area contributed by atoms with E-state index in [2.05, 4.69) is 10.2 Å². The third-order valence-corrected chi connectivity index (χ3v) is 3.96. The second-order valence-electron chi connectivity index (χ2n) is 4.41. The lowest BCUT2D eigenvalue weighted by Crippen LogP contribution is -2.02. The highest BCUT2D eigenvalue weighted by Gasteiger charge is 2.07. The van der Waals surface area contributed by atoms with Gasteiger partial charge in [0.2, 0.25) is 0 Å². The summed E-state index contributed by atoms with van der Waals surface area (Å²) in [5.41, 5.74) is 0.879. The summed E-state index contributed by atoms with van der Waals surface area (Å²) >= 11 is 1.53. The first-order valence-electron chi connectivity index (χ1n) is 6.56. The topological polar surface area (TPSA) is 49.2 Å². The average molecular weight is 311 g/mol. The van der Waals surface area contributed by atoms with Gasteiger partial charge in [-0.05, 0) is 24.1 Å². The van der Waals surface area contributed by atoms with E-state index in [1.54, 1.807) is 19.5 Å². The number of nitrogens with zero attached hydrogens (tertiary/aromatic N) is 3. The molecule has 1 heterocycles. The third-order valence-electron chi connectivity index (χ3n) is 2.91. The quantitative estimate of drug-likeness (QED) is 0.554. The van der Waals surface area contributed by atoms with Gasteiger partial charge in [0.25, 0.3) is 0 Å². The Morgan fingerprint density at radius 1 is 1.33 bits per heavy atom. The van der Waals surface area contributed by atoms with E-state index in [1.807, 2.05) is 10.6 Å². The Morgan fingerprint density at radius 3 is 2.90 bits per heavy atom. The minimum absolute atomic E-state index is 0.256. The van der Waals surface area contributed by atoms with Crippen molar-refractivity contribution in [1.82, 2.24) is 14.8 Å². The van der Waals surface area contributed by atoms with Gasteiger partial charge in [-0.1, -0.05) is 17.8 Å². The van der Waals surface area contributed by atoms with Gasteiger partial charge in [-0.15, -0.1) is 10.2 Å². The lowest BCUT2D eigenvalue weighted by Gasteiger charge is -2.07. The molecular formula is C14H18FN3O2S. The van der Waals surface area contributed by atoms with Crippen molar-refractivity contribution in [3.8, 4) is 5.75 Å². The molecule has 0 aliphatic carbocycles. The largest absolute Gasteiger partial charge is 0.494 e. The van der Waals surface area contributed by atoms with Crippen LogP contribution in [0.15, 0.2) is 29.7 Å². The molecule has 0 N–H and O–H groups in total. The van der Waals surface area contributed by atoms with Crippen molar-refractivity contribution in [2.75, 3.05) is 20.8 Å². The van der Waals surface area contributed by atoms with Gasteiger partial charge in [-0.25, -0.2) is 4.39 Å². The van der Waals surface area contributed by atoms with E-state index >= 15 is 0 Å². The van der Waals surface area contributed by atoms with Crippen LogP contribution < -0.4 is 4.74 Å². The second-order valence-corrected chi connectivity index (χ2v) is 5.35. The number of benzene rings is 1. The van der Waals surface area contributed by atoms with Crippen LogP contribution in [0.5, 0.6) is 5.75 Å². The Morgan fingerprint density at radius 2 is 2.19 bits per heavy atom. The Bertz CT molecular complexity index is 577. The van der Waals surface area contributed by atoms with Crippen molar-refractivity contribution in [3.63, 3.8) is 0 Å². The monoisotopic (exact) mass is 311 g/mol. The Hall–Kier alpha value is -1.60. The molecule has 0 saturated heterocycles. The van der Waals surface area contributed by atoms with Crippen molar-refractivity contribution >= 4 is 11.8 Å². The molecular weight excluding hydrogens is 293 g/mol. The molecule has 0 aliphatic heterocycles. The molecule has 0 amide bonds. The summed E-state index contributed by atoms with van der Waals surface area (Å²) in [5.74, 6) is 0.535. The van der Waals surface area contributed by atoms with Crippen LogP contribution in [0.2, 0.25) is 0 Å². The molecule has 0 unspecified atom stereocenters. The number of aromatic nitrogens is 3. The van der Waals surface area contributed by atoms with E-state index in [0.717, 1.165) is 23.7 Å². The predicted octanol–water partition coefficient (Wildman–Crippen LogP) is 2.75. The van der Waals surface area contributed by atoms with Crippen LogP contribution in [-0.4, -0.2) is 35.6 Å². The number of methoxy groups -OCH3 is 2. The molecule has 21 heavy (non-hydrogen) atoms. The van der Waals surface area contributed by atoms with Crippen LogP contribution in [0.4, 0.5) is 4.39 Å². The van der Waals surface area contributed by atoms with E-state index in [1.165, 1.54) is 24.9 Å². The zero-order valence-electron chi connectivity index (χ0n) is 12.1. The normalized spacial score (nSPS) is 10.8. The number of hydrogen-bond donors (Lipinski definition) is 0. The van der Waals surface area contributed by atoms with Crippen molar-refractivity contribution in [3.05, 3.63) is 35.9 Å². The second kappa shape index (κ2) is 7.99. The molecule has 5 nitrogen and oxygen atoms in total. The zero-order chi connectivity index (χ0) is 15.1. The molecule has 0 bridgehead atoms. The number of rotatable bonds is 8. The summed E-state index contributed by atoms with van der Waals surface area (Å²) in [7, 11) is 3.13. The highest BCUT2D eigenvalue weighted by atomic mass is 32.2. The van der Waals surface area contributed by atoms with Crippen LogP contribution in [-0.2, 0) is 17.0 Å². The van der Waals surface area contributed by atoms with Crippen molar-refractivity contribution < 1.29 is 13.9 Å². The Labute approximate surface area is 127 Å². The van der Waals surface area contributed by atoms with Crippen LogP contribution in [0.25, 0.3) is 0 Å². The maximum Gasteiger partial charge on any atom is 0.191 e. The molecule has 114 valence electrons. The zero-order valence-corrected chi connectivity index (χ0v) is 12.9. The van der Waals surface area contributed by atoms with Crippen LogP contribution in [0, 0.1) is 5.82 Å². The molecule has 0 saturated carbocycles. The van der Waals surface area contributed by atoms with Gasteiger partial charge in [0, 0.05) is 26.0 Å². The van der Waals surface area contributed by atoms with Gasteiger partial charge in [0.15, 0.2) is 16.7 Å². The average Bonchev–Trinajstić information content (AvgIpc) is 2.93. The third kappa shape index (κ3) is 4.44. The van der Waals surface area contributed by atoms with Crippen molar-refractivity contribution in [2.45, 2.75) is 23.9 Å². The highest BCUT2D eigenvalue weighted by Crippen LogP contribution is 2.24. The van der Waals surface area contributed by atoms with E-state index in [0.29, 0.717) is 12.4 Å². The van der Waals surface area contributed by atoms with E-state index < -0.39 is 0 Å². The van der Waals surface area contributed by atoms with Crippen molar-refractivity contribution in [2.24, 2.45) is 0 Å². The molecule has 1 aromatic heterocycles. The maximum absolute atomic E-state index is 13.6. The van der Waals surface area contributed by atoms with E-state index in [9.17, 15) is 4.39 Å². The fourth-order valence-electron chi connectivity index (χ4n) is 1.84. The number of halogens is 1. The van der Waals surface area contributed by atoms with Gasteiger partial charge in [0.05, 0.1) is 7.11 Å². The molecule has 0 spiro atoms. The first-order chi connectivity index (χ1) is 10.2. The summed E-state index contributed by atoms with van der Waals surface area (Å²) in [6.07, 6.45) is 2.60. The minimum Gasteiger partial charge on any atom is -0.494 e. The standard InChI is InChI=1S/C14H18FN3O2S/c1-19-7-3-6-18-10-16-17-14(18)21-9-11-4-5-13(20-2)12(15)8-11/h4-5,8,10H,3,6-7,9H2,1-2H3. The fraction of sp³-hybridized carbons (Fsp3) is 0.429. The molecule has 0 aliphatic rings. The van der Waals surface area contributed by atoms with Crippen molar-refractivity contribution in [1.29, 1.82) is 0 Å².